The summed E-state index contributed by atoms with van der Waals surface area (Å²) in [6.07, 6.45) is -6.72. The molecule has 1 unspecified atom stereocenters. The van der Waals surface area contributed by atoms with E-state index in [9.17, 15) is 13.2 Å². The average molecular weight is 204 g/mol. The predicted octanol–water partition coefficient (Wildman–Crippen LogP) is 1.29. The summed E-state index contributed by atoms with van der Waals surface area (Å²) in [4.78, 5) is 0. The first kappa shape index (κ1) is 12.1. The number of methoxy groups -OCH3 is 1. The largest absolute Gasteiger partial charge is 0.415 e. The van der Waals surface area contributed by atoms with Gasteiger partial charge >= 0.3 is 6.18 Å². The highest BCUT2D eigenvalue weighted by Gasteiger charge is 2.37. The third-order valence-corrected chi connectivity index (χ3v) is 2.09. The van der Waals surface area contributed by atoms with Crippen LogP contribution in [0.2, 0.25) is 0 Å². The van der Waals surface area contributed by atoms with E-state index in [4.69, 9.17) is 5.11 Å². The van der Waals surface area contributed by atoms with Crippen LogP contribution in [0.25, 0.3) is 0 Å². The number of thioether (sulfide) groups is 1. The molecular formula is C6H11F3O2S. The molecule has 0 fully saturated rings. The first-order valence-corrected chi connectivity index (χ1v) is 4.45. The Morgan fingerprint density at radius 1 is 1.50 bits per heavy atom. The molecule has 12 heavy (non-hydrogen) atoms. The van der Waals surface area contributed by atoms with Crippen molar-refractivity contribution in [2.45, 2.75) is 12.3 Å². The highest BCUT2D eigenvalue weighted by molar-refractivity contribution is 7.99. The van der Waals surface area contributed by atoms with E-state index < -0.39 is 12.3 Å². The van der Waals surface area contributed by atoms with Crippen molar-refractivity contribution in [2.24, 2.45) is 0 Å². The van der Waals surface area contributed by atoms with E-state index in [0.717, 1.165) is 11.8 Å². The maximum absolute atomic E-state index is 11.7. The summed E-state index contributed by atoms with van der Waals surface area (Å²) in [6, 6.07) is 0. The zero-order chi connectivity index (χ0) is 9.61. The fraction of sp³-hybridized carbons (Fsp3) is 1.00. The Kier molecular flexibility index (Phi) is 5.69. The zero-order valence-corrected chi connectivity index (χ0v) is 7.41. The summed E-state index contributed by atoms with van der Waals surface area (Å²) >= 11 is 1.02. The third-order valence-electron chi connectivity index (χ3n) is 1.09. The molecule has 0 spiro atoms. The molecule has 0 heterocycles. The van der Waals surface area contributed by atoms with Crippen molar-refractivity contribution in [3.8, 4) is 0 Å². The van der Waals surface area contributed by atoms with Crippen molar-refractivity contribution < 1.29 is 23.0 Å². The lowest BCUT2D eigenvalue weighted by atomic mass is 10.4. The van der Waals surface area contributed by atoms with Crippen LogP contribution in [0.1, 0.15) is 0 Å². The second-order valence-electron chi connectivity index (χ2n) is 2.13. The van der Waals surface area contributed by atoms with Crippen LogP contribution in [0, 0.1) is 0 Å². The Bertz CT molecular complexity index is 118. The van der Waals surface area contributed by atoms with E-state index in [0.29, 0.717) is 12.4 Å². The molecule has 0 aromatic rings. The smallest absolute Gasteiger partial charge is 0.384 e. The molecule has 0 rings (SSSR count). The highest BCUT2D eigenvalue weighted by atomic mass is 32.2. The molecule has 1 atom stereocenters. The molecule has 6 heteroatoms. The summed E-state index contributed by atoms with van der Waals surface area (Å²) in [5, 5.41) is 8.50. The van der Waals surface area contributed by atoms with Gasteiger partial charge in [-0.25, -0.2) is 0 Å². The lowest BCUT2D eigenvalue weighted by Gasteiger charge is -2.13. The van der Waals surface area contributed by atoms with Crippen LogP contribution in [0.15, 0.2) is 0 Å². The lowest BCUT2D eigenvalue weighted by Crippen LogP contribution is -2.30. The minimum Gasteiger partial charge on any atom is -0.384 e. The van der Waals surface area contributed by atoms with Gasteiger partial charge in [0.15, 0.2) is 6.10 Å². The number of alkyl halides is 3. The standard InChI is InChI=1S/C6H11F3O2S/c1-11-2-3-12-4-5(10)6(7,8)9/h5,10H,2-4H2,1H3. The molecular weight excluding hydrogens is 193 g/mol. The third kappa shape index (κ3) is 5.68. The average Bonchev–Trinajstić information content (AvgIpc) is 1.96. The topological polar surface area (TPSA) is 29.5 Å². The molecule has 0 aliphatic heterocycles. The number of hydrogen-bond acceptors (Lipinski definition) is 3. The van der Waals surface area contributed by atoms with Gasteiger partial charge in [-0.2, -0.15) is 24.9 Å². The molecule has 2 nitrogen and oxygen atoms in total. The first-order valence-electron chi connectivity index (χ1n) is 3.30. The van der Waals surface area contributed by atoms with Crippen LogP contribution >= 0.6 is 11.8 Å². The van der Waals surface area contributed by atoms with Crippen molar-refractivity contribution in [1.29, 1.82) is 0 Å². The molecule has 1 N–H and O–H groups in total. The number of hydrogen-bond donors (Lipinski definition) is 1. The Morgan fingerprint density at radius 2 is 2.08 bits per heavy atom. The van der Waals surface area contributed by atoms with Crippen LogP contribution in [0.4, 0.5) is 13.2 Å². The van der Waals surface area contributed by atoms with Crippen LogP contribution in [-0.4, -0.2) is 42.6 Å². The van der Waals surface area contributed by atoms with Crippen LogP contribution in [-0.2, 0) is 4.74 Å². The van der Waals surface area contributed by atoms with Gasteiger partial charge in [0.1, 0.15) is 0 Å². The van der Waals surface area contributed by atoms with Gasteiger partial charge < -0.3 is 9.84 Å². The summed E-state index contributed by atoms with van der Waals surface area (Å²) in [5.74, 6) is 0.135. The fourth-order valence-electron chi connectivity index (χ4n) is 0.432. The van der Waals surface area contributed by atoms with Gasteiger partial charge in [-0.3, -0.25) is 0 Å². The molecule has 0 aromatic carbocycles. The quantitative estimate of drug-likeness (QED) is 0.684. The number of aliphatic hydroxyl groups is 1. The Balaban J connectivity index is 3.38. The molecule has 0 saturated carbocycles. The van der Waals surface area contributed by atoms with Crippen LogP contribution < -0.4 is 0 Å². The summed E-state index contributed by atoms with van der Waals surface area (Å²) in [6.45, 7) is 0.398. The minimum atomic E-state index is -4.50. The SMILES string of the molecule is COCCSCC(O)C(F)(F)F. The van der Waals surface area contributed by atoms with Gasteiger partial charge in [-0.1, -0.05) is 0 Å². The lowest BCUT2D eigenvalue weighted by molar-refractivity contribution is -0.195. The normalized spacial score (nSPS) is 14.8. The molecule has 0 aliphatic rings. The van der Waals surface area contributed by atoms with Gasteiger partial charge in [-0.05, 0) is 0 Å². The van der Waals surface area contributed by atoms with Gasteiger partial charge in [0.25, 0.3) is 0 Å². The first-order chi connectivity index (χ1) is 5.48. The predicted molar refractivity (Wildman–Crippen MR) is 41.3 cm³/mol. The molecule has 0 amide bonds. The molecule has 0 aromatic heterocycles. The second kappa shape index (κ2) is 5.66. The zero-order valence-electron chi connectivity index (χ0n) is 6.60. The highest BCUT2D eigenvalue weighted by Crippen LogP contribution is 2.22. The Hall–Kier alpha value is 0.0600. The van der Waals surface area contributed by atoms with E-state index >= 15 is 0 Å². The Labute approximate surface area is 73.1 Å². The van der Waals surface area contributed by atoms with Crippen molar-refractivity contribution in [1.82, 2.24) is 0 Å². The number of rotatable bonds is 5. The van der Waals surface area contributed by atoms with E-state index in [1.807, 2.05) is 0 Å². The maximum Gasteiger partial charge on any atom is 0.415 e. The van der Waals surface area contributed by atoms with Gasteiger partial charge in [0, 0.05) is 18.6 Å². The number of aliphatic hydroxyl groups excluding tert-OH is 1. The summed E-state index contributed by atoms with van der Waals surface area (Å²) < 4.78 is 39.6. The number of ether oxygens (including phenoxy) is 1. The fourth-order valence-corrected chi connectivity index (χ4v) is 1.30. The number of halogens is 3. The van der Waals surface area contributed by atoms with Crippen molar-refractivity contribution in [3.05, 3.63) is 0 Å². The molecule has 0 aliphatic carbocycles. The molecule has 74 valence electrons. The van der Waals surface area contributed by atoms with E-state index in [1.165, 1.54) is 7.11 Å². The minimum absolute atomic E-state index is 0.327. The van der Waals surface area contributed by atoms with Crippen molar-refractivity contribution in [3.63, 3.8) is 0 Å². The second-order valence-corrected chi connectivity index (χ2v) is 3.27. The van der Waals surface area contributed by atoms with E-state index in [1.54, 1.807) is 0 Å². The molecule has 0 radical (unpaired) electrons. The monoisotopic (exact) mass is 204 g/mol. The maximum atomic E-state index is 11.7. The summed E-state index contributed by atoms with van der Waals surface area (Å²) in [5.41, 5.74) is 0. The van der Waals surface area contributed by atoms with E-state index in [-0.39, 0.29) is 5.75 Å². The van der Waals surface area contributed by atoms with Crippen molar-refractivity contribution in [2.75, 3.05) is 25.2 Å². The van der Waals surface area contributed by atoms with Crippen molar-refractivity contribution >= 4 is 11.8 Å². The van der Waals surface area contributed by atoms with Gasteiger partial charge in [0.2, 0.25) is 0 Å². The molecule has 0 saturated heterocycles. The Morgan fingerprint density at radius 3 is 2.50 bits per heavy atom. The van der Waals surface area contributed by atoms with Crippen LogP contribution in [0.5, 0.6) is 0 Å². The van der Waals surface area contributed by atoms with Gasteiger partial charge in [0.05, 0.1) is 6.61 Å². The molecule has 0 bridgehead atoms. The summed E-state index contributed by atoms with van der Waals surface area (Å²) in [7, 11) is 1.47. The van der Waals surface area contributed by atoms with Gasteiger partial charge in [-0.15, -0.1) is 0 Å². The van der Waals surface area contributed by atoms with E-state index in [2.05, 4.69) is 4.74 Å². The van der Waals surface area contributed by atoms with Crippen LogP contribution in [0.3, 0.4) is 0 Å².